The van der Waals surface area contributed by atoms with Crippen LogP contribution in [0.3, 0.4) is 0 Å². The Balaban J connectivity index is 1.69. The quantitative estimate of drug-likeness (QED) is 0.472. The molecule has 1 aliphatic carbocycles. The van der Waals surface area contributed by atoms with E-state index in [1.165, 1.54) is 17.7 Å². The van der Waals surface area contributed by atoms with Crippen molar-refractivity contribution in [1.82, 2.24) is 29.8 Å². The molecule has 0 amide bonds. The van der Waals surface area contributed by atoms with E-state index in [0.717, 1.165) is 61.4 Å². The number of fused-ring (bicyclic) bond motifs is 2. The molecule has 9 heteroatoms. The van der Waals surface area contributed by atoms with Gasteiger partial charge in [-0.05, 0) is 31.4 Å². The third-order valence-electron chi connectivity index (χ3n) is 5.16. The summed E-state index contributed by atoms with van der Waals surface area (Å²) in [4.78, 5) is 13.9. The maximum absolute atomic E-state index is 13.1. The fourth-order valence-electron chi connectivity index (χ4n) is 3.54. The molecule has 5 aromatic rings. The fraction of sp³-hybridized carbons (Fsp3) is 0.222. The monoisotopic (exact) mass is 394 g/mol. The SMILES string of the molecule is [O-][S+](c1sc2nc(-c3cncnc3)cc3c2c1[nH]n1nccc31)C1CCC1. The van der Waals surface area contributed by atoms with Crippen LogP contribution in [-0.2, 0) is 11.2 Å². The minimum absolute atomic E-state index is 0.251. The fourth-order valence-corrected chi connectivity index (χ4v) is 6.81. The Morgan fingerprint density at radius 1 is 1.26 bits per heavy atom. The maximum atomic E-state index is 13.1. The molecule has 1 N–H and O–H groups in total. The molecular weight excluding hydrogens is 380 g/mol. The number of aromatic nitrogens is 6. The van der Waals surface area contributed by atoms with Gasteiger partial charge in [0.1, 0.15) is 21.9 Å². The van der Waals surface area contributed by atoms with Gasteiger partial charge in [0.2, 0.25) is 4.21 Å². The van der Waals surface area contributed by atoms with Gasteiger partial charge in [-0.3, -0.25) is 5.10 Å². The molecule has 0 spiro atoms. The van der Waals surface area contributed by atoms with Gasteiger partial charge >= 0.3 is 0 Å². The zero-order valence-electron chi connectivity index (χ0n) is 14.1. The van der Waals surface area contributed by atoms with Gasteiger partial charge < -0.3 is 4.55 Å². The van der Waals surface area contributed by atoms with Crippen LogP contribution in [0.1, 0.15) is 19.3 Å². The van der Waals surface area contributed by atoms with E-state index in [1.807, 2.05) is 12.1 Å². The van der Waals surface area contributed by atoms with Crippen molar-refractivity contribution in [2.75, 3.05) is 0 Å². The number of nitrogens with one attached hydrogen (secondary N) is 1. The molecule has 0 bridgehead atoms. The van der Waals surface area contributed by atoms with Crippen LogP contribution < -0.4 is 0 Å². The molecule has 0 saturated heterocycles. The second-order valence-corrected chi connectivity index (χ2v) is 9.64. The Kier molecular flexibility index (Phi) is 3.31. The molecule has 1 atom stereocenters. The van der Waals surface area contributed by atoms with E-state index in [9.17, 15) is 4.55 Å². The van der Waals surface area contributed by atoms with E-state index >= 15 is 0 Å². The average Bonchev–Trinajstić information content (AvgIpc) is 3.27. The molecular formula is C18H14N6OS2. The predicted molar refractivity (Wildman–Crippen MR) is 105 cm³/mol. The van der Waals surface area contributed by atoms with Crippen molar-refractivity contribution in [3.05, 3.63) is 37.1 Å². The Hall–Kier alpha value is -2.49. The zero-order chi connectivity index (χ0) is 18.0. The first-order valence-corrected chi connectivity index (χ1v) is 10.8. The lowest BCUT2D eigenvalue weighted by Crippen LogP contribution is -2.28. The molecule has 1 aliphatic rings. The van der Waals surface area contributed by atoms with Gasteiger partial charge in [0, 0.05) is 34.5 Å². The van der Waals surface area contributed by atoms with Crippen molar-refractivity contribution in [1.29, 1.82) is 0 Å². The molecule has 5 aromatic heterocycles. The molecule has 5 heterocycles. The van der Waals surface area contributed by atoms with Gasteiger partial charge in [0.15, 0.2) is 0 Å². The summed E-state index contributed by atoms with van der Waals surface area (Å²) >= 11 is 0.490. The first-order chi connectivity index (χ1) is 13.3. The van der Waals surface area contributed by atoms with Crippen molar-refractivity contribution in [2.24, 2.45) is 0 Å². The number of thiophene rings is 1. The molecule has 0 aromatic carbocycles. The van der Waals surface area contributed by atoms with Crippen molar-refractivity contribution in [2.45, 2.75) is 28.7 Å². The molecule has 7 nitrogen and oxygen atoms in total. The van der Waals surface area contributed by atoms with E-state index in [0.29, 0.717) is 0 Å². The summed E-state index contributed by atoms with van der Waals surface area (Å²) in [5.41, 5.74) is 3.51. The molecule has 0 aliphatic heterocycles. The number of aromatic amines is 1. The number of rotatable bonds is 3. The van der Waals surface area contributed by atoms with E-state index < -0.39 is 11.2 Å². The molecule has 27 heavy (non-hydrogen) atoms. The van der Waals surface area contributed by atoms with Gasteiger partial charge in [-0.1, -0.05) is 11.3 Å². The molecule has 0 radical (unpaired) electrons. The first kappa shape index (κ1) is 15.6. The van der Waals surface area contributed by atoms with Gasteiger partial charge in [0.05, 0.1) is 22.8 Å². The normalized spacial score (nSPS) is 16.3. The first-order valence-electron chi connectivity index (χ1n) is 8.74. The van der Waals surface area contributed by atoms with Crippen LogP contribution in [0.5, 0.6) is 0 Å². The summed E-state index contributed by atoms with van der Waals surface area (Å²) in [5.74, 6) is 0. The van der Waals surface area contributed by atoms with Crippen molar-refractivity contribution in [3.63, 3.8) is 0 Å². The summed E-state index contributed by atoms with van der Waals surface area (Å²) in [6.07, 6.45) is 10.0. The Morgan fingerprint density at radius 2 is 2.11 bits per heavy atom. The van der Waals surface area contributed by atoms with Crippen LogP contribution in [0.25, 0.3) is 37.9 Å². The van der Waals surface area contributed by atoms with E-state index in [-0.39, 0.29) is 5.25 Å². The minimum atomic E-state index is -1.03. The summed E-state index contributed by atoms with van der Waals surface area (Å²) < 4.78 is 15.7. The lowest BCUT2D eigenvalue weighted by atomic mass is 10.0. The summed E-state index contributed by atoms with van der Waals surface area (Å²) in [5, 5.41) is 10.0. The van der Waals surface area contributed by atoms with Crippen LogP contribution in [0.15, 0.2) is 41.3 Å². The van der Waals surface area contributed by atoms with Gasteiger partial charge in [0.25, 0.3) is 0 Å². The van der Waals surface area contributed by atoms with E-state index in [2.05, 4.69) is 20.2 Å². The highest BCUT2D eigenvalue weighted by molar-refractivity contribution is 7.94. The highest BCUT2D eigenvalue weighted by atomic mass is 32.2. The van der Waals surface area contributed by atoms with Crippen molar-refractivity contribution in [3.8, 4) is 11.3 Å². The number of hydrogen-bond acceptors (Lipinski definition) is 6. The molecule has 134 valence electrons. The Labute approximate surface area is 160 Å². The van der Waals surface area contributed by atoms with Gasteiger partial charge in [-0.2, -0.15) is 9.73 Å². The van der Waals surface area contributed by atoms with E-state index in [4.69, 9.17) is 4.98 Å². The van der Waals surface area contributed by atoms with E-state index in [1.54, 1.807) is 23.2 Å². The Morgan fingerprint density at radius 3 is 2.89 bits per heavy atom. The number of nitrogens with zero attached hydrogens (tertiary/aromatic N) is 5. The van der Waals surface area contributed by atoms with Gasteiger partial charge in [-0.25, -0.2) is 15.0 Å². The maximum Gasteiger partial charge on any atom is 0.234 e. The van der Waals surface area contributed by atoms with Gasteiger partial charge in [-0.15, -0.1) is 0 Å². The molecule has 1 fully saturated rings. The topological polar surface area (TPSA) is 94.8 Å². The highest BCUT2D eigenvalue weighted by Gasteiger charge is 2.35. The van der Waals surface area contributed by atoms with Crippen molar-refractivity contribution >= 4 is 49.1 Å². The Bertz CT molecular complexity index is 1290. The largest absolute Gasteiger partial charge is 0.611 e. The predicted octanol–water partition coefficient (Wildman–Crippen LogP) is 3.54. The van der Waals surface area contributed by atoms with Crippen LogP contribution in [0, 0.1) is 0 Å². The number of H-pyrrole nitrogens is 1. The van der Waals surface area contributed by atoms with Crippen LogP contribution >= 0.6 is 11.3 Å². The van der Waals surface area contributed by atoms with Crippen LogP contribution in [0.4, 0.5) is 0 Å². The van der Waals surface area contributed by atoms with Crippen molar-refractivity contribution < 1.29 is 4.55 Å². The average molecular weight is 394 g/mol. The number of hydrogen-bond donors (Lipinski definition) is 1. The minimum Gasteiger partial charge on any atom is -0.611 e. The smallest absolute Gasteiger partial charge is 0.234 e. The molecule has 1 saturated carbocycles. The number of pyridine rings is 1. The third kappa shape index (κ3) is 2.25. The zero-order valence-corrected chi connectivity index (χ0v) is 15.8. The highest BCUT2D eigenvalue weighted by Crippen LogP contribution is 2.43. The second kappa shape index (κ2) is 5.75. The molecule has 1 unspecified atom stereocenters. The van der Waals surface area contributed by atoms with Crippen LogP contribution in [0.2, 0.25) is 0 Å². The lowest BCUT2D eigenvalue weighted by Gasteiger charge is -2.26. The summed E-state index contributed by atoms with van der Waals surface area (Å²) in [7, 11) is 0. The van der Waals surface area contributed by atoms with Crippen LogP contribution in [-0.4, -0.2) is 39.6 Å². The summed E-state index contributed by atoms with van der Waals surface area (Å²) in [6.45, 7) is 0. The second-order valence-electron chi connectivity index (χ2n) is 6.72. The molecule has 6 rings (SSSR count). The standard InChI is InChI=1S/C18H14N6OS2/c25-27(11-2-1-3-11)18-16-15-12(14-4-5-21-24(14)23-16)6-13(22-17(15)26-18)10-7-19-9-20-8-10/h4-9,11,23H,1-3H2. The third-order valence-corrected chi connectivity index (χ3v) is 8.43. The summed E-state index contributed by atoms with van der Waals surface area (Å²) in [6, 6.07) is 4.01. The lowest BCUT2D eigenvalue weighted by molar-refractivity contribution is 0.478.